The van der Waals surface area contributed by atoms with Gasteiger partial charge in [0.2, 0.25) is 5.43 Å². The van der Waals surface area contributed by atoms with Gasteiger partial charge in [-0.2, -0.15) is 0 Å². The molecular formula is C21H26F2N4O3. The van der Waals surface area contributed by atoms with Crippen LogP contribution in [-0.4, -0.2) is 54.2 Å². The number of H-pyrrole nitrogens is 1. The average molecular weight is 420 g/mol. The number of nitrogens with one attached hydrogen (secondary N) is 1. The van der Waals surface area contributed by atoms with Crippen LogP contribution in [0.1, 0.15) is 42.1 Å². The molecule has 1 aliphatic carbocycles. The number of carbonyl (C=O) groups is 1. The molecule has 162 valence electrons. The Morgan fingerprint density at radius 2 is 2.03 bits per heavy atom. The molecule has 2 aromatic rings. The van der Waals surface area contributed by atoms with Crippen LogP contribution in [-0.2, 0) is 5.54 Å². The van der Waals surface area contributed by atoms with Gasteiger partial charge in [-0.25, -0.2) is 13.6 Å². The van der Waals surface area contributed by atoms with Crippen molar-refractivity contribution < 1.29 is 18.7 Å². The van der Waals surface area contributed by atoms with Gasteiger partial charge in [0.15, 0.2) is 11.6 Å². The second-order valence-corrected chi connectivity index (χ2v) is 8.79. The van der Waals surface area contributed by atoms with Gasteiger partial charge in [0.1, 0.15) is 11.3 Å². The lowest BCUT2D eigenvalue weighted by atomic mass is 9.95. The molecule has 2 aliphatic rings. The summed E-state index contributed by atoms with van der Waals surface area (Å²) in [6.07, 6.45) is 2.63. The highest BCUT2D eigenvalue weighted by Gasteiger charge is 2.46. The summed E-state index contributed by atoms with van der Waals surface area (Å²) in [5.74, 6) is -2.97. The van der Waals surface area contributed by atoms with Gasteiger partial charge in [-0.1, -0.05) is 0 Å². The number of carboxylic acid groups (broad SMARTS) is 1. The van der Waals surface area contributed by atoms with Crippen LogP contribution < -0.4 is 16.1 Å². The van der Waals surface area contributed by atoms with Crippen molar-refractivity contribution in [2.24, 2.45) is 11.7 Å². The Kier molecular flexibility index (Phi) is 4.85. The molecule has 7 nitrogen and oxygen atoms in total. The summed E-state index contributed by atoms with van der Waals surface area (Å²) in [6, 6.07) is 0.239. The lowest BCUT2D eigenvalue weighted by molar-refractivity contribution is 0.0695. The average Bonchev–Trinajstić information content (AvgIpc) is 3.23. The number of nitrogens with zero attached hydrogens (tertiary/aromatic N) is 2. The molecule has 0 spiro atoms. The molecular weight excluding hydrogens is 394 g/mol. The van der Waals surface area contributed by atoms with Crippen LogP contribution >= 0.6 is 0 Å². The van der Waals surface area contributed by atoms with Gasteiger partial charge in [0, 0.05) is 36.4 Å². The first kappa shape index (κ1) is 20.7. The molecule has 30 heavy (non-hydrogen) atoms. The van der Waals surface area contributed by atoms with Crippen LogP contribution in [0.2, 0.25) is 0 Å². The second kappa shape index (κ2) is 7.02. The minimum Gasteiger partial charge on any atom is -0.477 e. The number of carboxylic acids is 1. The number of halogens is 2. The molecule has 2 unspecified atom stereocenters. The quantitative estimate of drug-likeness (QED) is 0.686. The SMILES string of the molecule is CC(C1CCN(c2c(F)c(C3(N)CC3)c3c(=O)c(C(=O)O)c[nH]c3c2F)C1)N(C)C. The van der Waals surface area contributed by atoms with Gasteiger partial charge in [0.05, 0.1) is 10.9 Å². The molecule has 0 bridgehead atoms. The van der Waals surface area contributed by atoms with Crippen LogP contribution in [0.5, 0.6) is 0 Å². The van der Waals surface area contributed by atoms with Gasteiger partial charge < -0.3 is 25.6 Å². The zero-order valence-corrected chi connectivity index (χ0v) is 17.3. The van der Waals surface area contributed by atoms with Crippen LogP contribution in [0, 0.1) is 17.6 Å². The molecule has 1 aliphatic heterocycles. The highest BCUT2D eigenvalue weighted by atomic mass is 19.1. The smallest absolute Gasteiger partial charge is 0.341 e. The number of pyridine rings is 1. The van der Waals surface area contributed by atoms with Crippen molar-refractivity contribution in [2.75, 3.05) is 32.1 Å². The lowest BCUT2D eigenvalue weighted by Gasteiger charge is -2.28. The standard InChI is InChI=1S/C21H26F2N4O3/c1-10(26(2)3)11-4-7-27(9-11)18-15(22)14(21(24)5-6-21)13-17(16(18)23)25-8-12(19(13)28)20(29)30/h8,10-11H,4-7,9,24H2,1-3H3,(H,25,28)(H,29,30). The predicted molar refractivity (Wildman–Crippen MR) is 110 cm³/mol. The molecule has 0 radical (unpaired) electrons. The summed E-state index contributed by atoms with van der Waals surface area (Å²) in [4.78, 5) is 30.5. The van der Waals surface area contributed by atoms with Crippen molar-refractivity contribution in [3.05, 3.63) is 39.2 Å². The lowest BCUT2D eigenvalue weighted by Crippen LogP contribution is -2.35. The third-order valence-electron chi connectivity index (χ3n) is 6.74. The number of rotatable bonds is 5. The third-order valence-corrected chi connectivity index (χ3v) is 6.74. The maximum absolute atomic E-state index is 15.8. The van der Waals surface area contributed by atoms with Crippen molar-refractivity contribution in [2.45, 2.75) is 37.8 Å². The van der Waals surface area contributed by atoms with Crippen molar-refractivity contribution in [1.82, 2.24) is 9.88 Å². The van der Waals surface area contributed by atoms with E-state index < -0.39 is 34.1 Å². The summed E-state index contributed by atoms with van der Waals surface area (Å²) < 4.78 is 31.3. The number of nitrogens with two attached hydrogens (primary N) is 1. The number of aromatic amines is 1. The fraction of sp³-hybridized carbons (Fsp3) is 0.524. The first-order chi connectivity index (χ1) is 14.1. The molecule has 4 N–H and O–H groups in total. The molecule has 9 heteroatoms. The van der Waals surface area contributed by atoms with E-state index in [9.17, 15) is 14.7 Å². The number of aromatic carboxylic acids is 1. The van der Waals surface area contributed by atoms with E-state index in [4.69, 9.17) is 5.73 Å². The van der Waals surface area contributed by atoms with Gasteiger partial charge in [-0.15, -0.1) is 0 Å². The van der Waals surface area contributed by atoms with Crippen LogP contribution in [0.3, 0.4) is 0 Å². The first-order valence-electron chi connectivity index (χ1n) is 10.1. The fourth-order valence-corrected chi connectivity index (χ4v) is 4.48. The number of aromatic nitrogens is 1. The van der Waals surface area contributed by atoms with Crippen LogP contribution in [0.15, 0.2) is 11.0 Å². The molecule has 4 rings (SSSR count). The number of benzene rings is 1. The van der Waals surface area contributed by atoms with E-state index in [1.165, 1.54) is 0 Å². The van der Waals surface area contributed by atoms with Gasteiger partial charge in [0.25, 0.3) is 0 Å². The summed E-state index contributed by atoms with van der Waals surface area (Å²) in [5.41, 5.74) is 3.22. The Bertz CT molecular complexity index is 1090. The van der Waals surface area contributed by atoms with E-state index in [0.29, 0.717) is 25.9 Å². The first-order valence-corrected chi connectivity index (χ1v) is 10.1. The Hall–Kier alpha value is -2.52. The number of hydrogen-bond donors (Lipinski definition) is 3. The molecule has 1 saturated heterocycles. The van der Waals surface area contributed by atoms with Crippen molar-refractivity contribution in [3.8, 4) is 0 Å². The van der Waals surface area contributed by atoms with Gasteiger partial charge >= 0.3 is 5.97 Å². The van der Waals surface area contributed by atoms with E-state index in [1.54, 1.807) is 4.90 Å². The number of fused-ring (bicyclic) bond motifs is 1. The minimum absolute atomic E-state index is 0.0811. The van der Waals surface area contributed by atoms with Crippen molar-refractivity contribution >= 4 is 22.6 Å². The van der Waals surface area contributed by atoms with Crippen molar-refractivity contribution in [1.29, 1.82) is 0 Å². The molecule has 2 atom stereocenters. The molecule has 1 saturated carbocycles. The normalized spacial score (nSPS) is 21.4. The molecule has 1 aromatic carbocycles. The van der Waals surface area contributed by atoms with Crippen molar-refractivity contribution in [3.63, 3.8) is 0 Å². The van der Waals surface area contributed by atoms with Gasteiger partial charge in [-0.05, 0) is 46.2 Å². The summed E-state index contributed by atoms with van der Waals surface area (Å²) >= 11 is 0. The zero-order valence-electron chi connectivity index (χ0n) is 17.3. The maximum Gasteiger partial charge on any atom is 0.341 e. The van der Waals surface area contributed by atoms with Gasteiger partial charge in [-0.3, -0.25) is 4.79 Å². The Morgan fingerprint density at radius 3 is 2.60 bits per heavy atom. The van der Waals surface area contributed by atoms with E-state index >= 15 is 8.78 Å². The molecule has 0 amide bonds. The topological polar surface area (TPSA) is 103 Å². The van der Waals surface area contributed by atoms with Crippen LogP contribution in [0.4, 0.5) is 14.5 Å². The molecule has 2 fully saturated rings. The monoisotopic (exact) mass is 420 g/mol. The van der Waals surface area contributed by atoms with Crippen LogP contribution in [0.25, 0.3) is 10.9 Å². The summed E-state index contributed by atoms with van der Waals surface area (Å²) in [6.45, 7) is 3.04. The Balaban J connectivity index is 1.92. The fourth-order valence-electron chi connectivity index (χ4n) is 4.48. The van der Waals surface area contributed by atoms with E-state index in [-0.39, 0.29) is 34.1 Å². The number of anilines is 1. The summed E-state index contributed by atoms with van der Waals surface area (Å²) in [5, 5.41) is 8.98. The summed E-state index contributed by atoms with van der Waals surface area (Å²) in [7, 11) is 3.94. The predicted octanol–water partition coefficient (Wildman–Crippen LogP) is 2.23. The highest BCUT2D eigenvalue weighted by molar-refractivity contribution is 5.95. The minimum atomic E-state index is -1.46. The zero-order chi connectivity index (χ0) is 22.0. The second-order valence-electron chi connectivity index (χ2n) is 8.79. The third kappa shape index (κ3) is 3.07. The highest BCUT2D eigenvalue weighted by Crippen LogP contribution is 2.49. The largest absolute Gasteiger partial charge is 0.477 e. The maximum atomic E-state index is 15.8. The van der Waals surface area contributed by atoms with E-state index in [2.05, 4.69) is 16.8 Å². The van der Waals surface area contributed by atoms with E-state index in [0.717, 1.165) is 12.6 Å². The Labute approximate surface area is 172 Å². The Morgan fingerprint density at radius 1 is 1.37 bits per heavy atom. The molecule has 2 heterocycles. The molecule has 1 aromatic heterocycles. The van der Waals surface area contributed by atoms with E-state index in [1.807, 2.05) is 14.1 Å². The number of hydrogen-bond acceptors (Lipinski definition) is 5.